The second-order valence-corrected chi connectivity index (χ2v) is 10.3. The van der Waals surface area contributed by atoms with Crippen LogP contribution in [-0.2, 0) is 19.9 Å². The molecule has 0 bridgehead atoms. The molecule has 0 unspecified atom stereocenters. The maximum Gasteiger partial charge on any atom is 0.262 e. The van der Waals surface area contributed by atoms with Crippen molar-refractivity contribution < 1.29 is 4.79 Å². The first-order valence-corrected chi connectivity index (χ1v) is 12.7. The number of rotatable bonds is 5. The van der Waals surface area contributed by atoms with Crippen molar-refractivity contribution in [2.24, 2.45) is 7.05 Å². The summed E-state index contributed by atoms with van der Waals surface area (Å²) in [6.07, 6.45) is 4.32. The third kappa shape index (κ3) is 3.53. The van der Waals surface area contributed by atoms with E-state index in [1.165, 1.54) is 28.6 Å². The van der Waals surface area contributed by atoms with E-state index in [2.05, 4.69) is 4.57 Å². The van der Waals surface area contributed by atoms with Crippen LogP contribution in [0.2, 0.25) is 0 Å². The predicted octanol–water partition coefficient (Wildman–Crippen LogP) is 5.26. The van der Waals surface area contributed by atoms with E-state index in [9.17, 15) is 9.59 Å². The summed E-state index contributed by atoms with van der Waals surface area (Å²) in [7, 11) is 1.76. The maximum atomic E-state index is 13.1. The van der Waals surface area contributed by atoms with Crippen LogP contribution in [0.25, 0.3) is 15.9 Å². The Hall–Kier alpha value is -2.64. The lowest BCUT2D eigenvalue weighted by atomic mass is 9.97. The molecule has 1 aliphatic carbocycles. The van der Waals surface area contributed by atoms with Gasteiger partial charge in [0.2, 0.25) is 0 Å². The van der Waals surface area contributed by atoms with Gasteiger partial charge in [0.15, 0.2) is 10.9 Å². The van der Waals surface area contributed by atoms with Crippen LogP contribution in [0.1, 0.15) is 45.0 Å². The topological polar surface area (TPSA) is 56.9 Å². The molecule has 0 radical (unpaired) electrons. The summed E-state index contributed by atoms with van der Waals surface area (Å²) in [6, 6.07) is 12.0. The Bertz CT molecular complexity index is 1400. The van der Waals surface area contributed by atoms with Crippen molar-refractivity contribution in [3.05, 3.63) is 74.1 Å². The first-order chi connectivity index (χ1) is 15.5. The quantitative estimate of drug-likeness (QED) is 0.230. The summed E-state index contributed by atoms with van der Waals surface area (Å²) in [5.41, 5.74) is 4.93. The van der Waals surface area contributed by atoms with Gasteiger partial charge in [0.25, 0.3) is 5.56 Å². The number of thiophene rings is 1. The number of ketones is 1. The number of carbonyl (C=O) groups is 1. The lowest BCUT2D eigenvalue weighted by Crippen LogP contribution is -2.21. The van der Waals surface area contributed by atoms with Gasteiger partial charge in [-0.15, -0.1) is 11.3 Å². The highest BCUT2D eigenvalue weighted by Gasteiger charge is 2.22. The highest BCUT2D eigenvalue weighted by atomic mass is 32.2. The zero-order valence-corrected chi connectivity index (χ0v) is 20.1. The van der Waals surface area contributed by atoms with E-state index < -0.39 is 0 Å². The fourth-order valence-corrected chi connectivity index (χ4v) is 6.78. The molecule has 1 aliphatic rings. The van der Waals surface area contributed by atoms with Crippen LogP contribution in [-0.4, -0.2) is 25.7 Å². The highest BCUT2D eigenvalue weighted by molar-refractivity contribution is 7.99. The fraction of sp³-hybridized carbons (Fsp3) is 0.320. The molecular formula is C25H25N3O2S2. The Kier molecular flexibility index (Phi) is 5.55. The van der Waals surface area contributed by atoms with Crippen LogP contribution in [0.3, 0.4) is 0 Å². The summed E-state index contributed by atoms with van der Waals surface area (Å²) in [5, 5.41) is 1.39. The lowest BCUT2D eigenvalue weighted by molar-refractivity contribution is 0.102. The Morgan fingerprint density at radius 3 is 2.69 bits per heavy atom. The molecule has 0 N–H and O–H groups in total. The summed E-state index contributed by atoms with van der Waals surface area (Å²) in [4.78, 5) is 33.1. The Balaban J connectivity index is 1.42. The van der Waals surface area contributed by atoms with E-state index in [0.717, 1.165) is 52.1 Å². The molecule has 0 fully saturated rings. The molecule has 0 amide bonds. The van der Waals surface area contributed by atoms with Crippen molar-refractivity contribution in [2.75, 3.05) is 5.75 Å². The number of fused-ring (bicyclic) bond motifs is 3. The molecule has 0 saturated heterocycles. The summed E-state index contributed by atoms with van der Waals surface area (Å²) >= 11 is 2.99. The van der Waals surface area contributed by atoms with Crippen molar-refractivity contribution in [1.29, 1.82) is 0 Å². The van der Waals surface area contributed by atoms with Gasteiger partial charge in [-0.2, -0.15) is 0 Å². The highest BCUT2D eigenvalue weighted by Crippen LogP contribution is 2.34. The Labute approximate surface area is 195 Å². The third-order valence-corrected chi connectivity index (χ3v) is 8.45. The zero-order valence-electron chi connectivity index (χ0n) is 18.5. The number of carbonyl (C=O) groups excluding carboxylic acids is 1. The van der Waals surface area contributed by atoms with Crippen LogP contribution < -0.4 is 5.56 Å². The van der Waals surface area contributed by atoms with Crippen molar-refractivity contribution in [2.45, 2.75) is 44.7 Å². The molecule has 7 heteroatoms. The molecular weight excluding hydrogens is 438 g/mol. The minimum Gasteiger partial charge on any atom is -0.318 e. The van der Waals surface area contributed by atoms with E-state index in [1.54, 1.807) is 23.0 Å². The van der Waals surface area contributed by atoms with E-state index in [4.69, 9.17) is 4.98 Å². The van der Waals surface area contributed by atoms with E-state index in [1.807, 2.05) is 50.2 Å². The fourth-order valence-electron chi connectivity index (χ4n) is 4.62. The lowest BCUT2D eigenvalue weighted by Gasteiger charge is -2.11. The SMILES string of the molecule is Cc1cc(C(=O)CSc2nc3sc4c(c3c(=O)n2C)CCCC4)c(C)n1-c1ccccc1. The van der Waals surface area contributed by atoms with Crippen LogP contribution in [0.4, 0.5) is 0 Å². The number of aryl methyl sites for hydroxylation is 3. The average molecular weight is 464 g/mol. The summed E-state index contributed by atoms with van der Waals surface area (Å²) in [6.45, 7) is 4.00. The number of para-hydroxylation sites is 1. The van der Waals surface area contributed by atoms with Crippen molar-refractivity contribution >= 4 is 39.1 Å². The number of hydrogen-bond donors (Lipinski definition) is 0. The van der Waals surface area contributed by atoms with Crippen molar-refractivity contribution in [3.8, 4) is 5.69 Å². The molecule has 3 heterocycles. The van der Waals surface area contributed by atoms with E-state index in [0.29, 0.717) is 5.16 Å². The van der Waals surface area contributed by atoms with E-state index >= 15 is 0 Å². The number of aromatic nitrogens is 3. The largest absolute Gasteiger partial charge is 0.318 e. The number of hydrogen-bond acceptors (Lipinski definition) is 5. The number of nitrogens with zero attached hydrogens (tertiary/aromatic N) is 3. The van der Waals surface area contributed by atoms with Crippen molar-refractivity contribution in [3.63, 3.8) is 0 Å². The molecule has 0 spiro atoms. The van der Waals surface area contributed by atoms with Gasteiger partial charge in [0.05, 0.1) is 11.1 Å². The predicted molar refractivity (Wildman–Crippen MR) is 132 cm³/mol. The summed E-state index contributed by atoms with van der Waals surface area (Å²) in [5.74, 6) is 0.292. The van der Waals surface area contributed by atoms with Gasteiger partial charge in [-0.1, -0.05) is 30.0 Å². The van der Waals surface area contributed by atoms with Gasteiger partial charge in [-0.3, -0.25) is 14.2 Å². The van der Waals surface area contributed by atoms with Gasteiger partial charge >= 0.3 is 0 Å². The number of thioether (sulfide) groups is 1. The molecule has 164 valence electrons. The molecule has 3 aromatic heterocycles. The van der Waals surface area contributed by atoms with Crippen LogP contribution in [0.15, 0.2) is 46.3 Å². The molecule has 1 aromatic carbocycles. The number of Topliss-reactive ketones (excluding diaryl/α,β-unsaturated/α-hetero) is 1. The van der Waals surface area contributed by atoms with Gasteiger partial charge in [-0.25, -0.2) is 4.98 Å². The first-order valence-electron chi connectivity index (χ1n) is 10.9. The molecule has 0 atom stereocenters. The van der Waals surface area contributed by atoms with Crippen LogP contribution in [0.5, 0.6) is 0 Å². The molecule has 5 rings (SSSR count). The van der Waals surface area contributed by atoms with Crippen LogP contribution in [0, 0.1) is 13.8 Å². The smallest absolute Gasteiger partial charge is 0.262 e. The maximum absolute atomic E-state index is 13.1. The molecule has 4 aromatic rings. The third-order valence-electron chi connectivity index (χ3n) is 6.23. The second kappa shape index (κ2) is 8.37. The zero-order chi connectivity index (χ0) is 22.4. The summed E-state index contributed by atoms with van der Waals surface area (Å²) < 4.78 is 3.71. The monoisotopic (exact) mass is 463 g/mol. The molecule has 0 saturated carbocycles. The van der Waals surface area contributed by atoms with E-state index in [-0.39, 0.29) is 17.1 Å². The first kappa shape index (κ1) is 21.2. The average Bonchev–Trinajstić information content (AvgIpc) is 3.32. The molecule has 5 nitrogen and oxygen atoms in total. The normalized spacial score (nSPS) is 13.5. The Morgan fingerprint density at radius 2 is 1.91 bits per heavy atom. The van der Waals surface area contributed by atoms with Gasteiger partial charge in [0, 0.05) is 34.6 Å². The Morgan fingerprint density at radius 1 is 1.16 bits per heavy atom. The van der Waals surface area contributed by atoms with Gasteiger partial charge in [-0.05, 0) is 63.3 Å². The molecule has 32 heavy (non-hydrogen) atoms. The van der Waals surface area contributed by atoms with Crippen LogP contribution >= 0.6 is 23.1 Å². The second-order valence-electron chi connectivity index (χ2n) is 8.32. The standard InChI is InChI=1S/C25H25N3O2S2/c1-15-13-19(16(2)28(15)17-9-5-4-6-10-17)20(29)14-31-25-26-23-22(24(30)27(25)3)18-11-7-8-12-21(18)32-23/h4-6,9-10,13H,7-8,11-12,14H2,1-3H3. The molecule has 0 aliphatic heterocycles. The van der Waals surface area contributed by atoms with Gasteiger partial charge in [0.1, 0.15) is 4.83 Å². The number of benzene rings is 1. The minimum atomic E-state index is 0.00612. The van der Waals surface area contributed by atoms with Gasteiger partial charge < -0.3 is 4.57 Å². The minimum absolute atomic E-state index is 0.00612. The van der Waals surface area contributed by atoms with Crippen molar-refractivity contribution in [1.82, 2.24) is 14.1 Å².